The summed E-state index contributed by atoms with van der Waals surface area (Å²) in [4.78, 5) is 27.5. The van der Waals surface area contributed by atoms with Gasteiger partial charge in [-0.05, 0) is 60.0 Å². The summed E-state index contributed by atoms with van der Waals surface area (Å²) in [6.45, 7) is 0.517. The number of hydrogen-bond donors (Lipinski definition) is 0. The fourth-order valence-electron chi connectivity index (χ4n) is 4.64. The molecule has 0 bridgehead atoms. The van der Waals surface area contributed by atoms with E-state index in [1.807, 2.05) is 30.3 Å². The summed E-state index contributed by atoms with van der Waals surface area (Å²) in [6.07, 6.45) is 0.872. The predicted octanol–water partition coefficient (Wildman–Crippen LogP) is 3.21. The largest absolute Gasteiger partial charge is 0.377 e. The Kier molecular flexibility index (Phi) is 6.11. The molecule has 0 aliphatic carbocycles. The number of imide groups is 1. The standard InChI is InChI=1S/C26H23N3O5S/c27-16-18-7-10-21(11-8-18)29-25(30)15-24(26(29)31)28(17-22-6-3-13-34-22)35(32,33)23-12-9-19-4-1-2-5-20(19)14-23/h1-2,4-5,7-12,14,22,24H,3,6,13,15,17H2. The molecule has 9 heteroatoms. The lowest BCUT2D eigenvalue weighted by Crippen LogP contribution is -2.48. The van der Waals surface area contributed by atoms with Gasteiger partial charge in [-0.15, -0.1) is 0 Å². The van der Waals surface area contributed by atoms with Crippen LogP contribution in [0.3, 0.4) is 0 Å². The zero-order chi connectivity index (χ0) is 24.6. The lowest BCUT2D eigenvalue weighted by atomic mass is 10.1. The molecule has 2 unspecified atom stereocenters. The van der Waals surface area contributed by atoms with Crippen LogP contribution in [-0.2, 0) is 24.3 Å². The van der Waals surface area contributed by atoms with E-state index in [-0.39, 0.29) is 24.0 Å². The Morgan fingerprint density at radius 1 is 1.03 bits per heavy atom. The van der Waals surface area contributed by atoms with Crippen LogP contribution < -0.4 is 4.90 Å². The zero-order valence-corrected chi connectivity index (χ0v) is 19.6. The molecular formula is C26H23N3O5S. The molecule has 2 aliphatic heterocycles. The SMILES string of the molecule is N#Cc1ccc(N2C(=O)CC(N(CC3CCCO3)S(=O)(=O)c3ccc4ccccc4c3)C2=O)cc1. The molecule has 2 heterocycles. The van der Waals surface area contributed by atoms with Crippen molar-refractivity contribution in [1.82, 2.24) is 4.31 Å². The zero-order valence-electron chi connectivity index (χ0n) is 18.8. The van der Waals surface area contributed by atoms with E-state index in [1.165, 1.54) is 30.3 Å². The third-order valence-electron chi connectivity index (χ3n) is 6.46. The third-order valence-corrected chi connectivity index (χ3v) is 8.33. The van der Waals surface area contributed by atoms with Gasteiger partial charge in [-0.2, -0.15) is 9.57 Å². The maximum Gasteiger partial charge on any atom is 0.252 e. The number of carbonyl (C=O) groups is 2. The van der Waals surface area contributed by atoms with Gasteiger partial charge in [0.15, 0.2) is 0 Å². The van der Waals surface area contributed by atoms with Crippen molar-refractivity contribution in [1.29, 1.82) is 5.26 Å². The average Bonchev–Trinajstić information content (AvgIpc) is 3.49. The number of hydrogen-bond acceptors (Lipinski definition) is 6. The highest BCUT2D eigenvalue weighted by Crippen LogP contribution is 2.31. The number of anilines is 1. The number of rotatable bonds is 6. The van der Waals surface area contributed by atoms with Crippen molar-refractivity contribution in [3.63, 3.8) is 0 Å². The fraction of sp³-hybridized carbons (Fsp3) is 0.269. The second-order valence-corrected chi connectivity index (χ2v) is 10.6. The first-order valence-corrected chi connectivity index (χ1v) is 12.8. The van der Waals surface area contributed by atoms with Crippen LogP contribution in [0.4, 0.5) is 5.69 Å². The Hall–Kier alpha value is -3.58. The number of nitriles is 1. The summed E-state index contributed by atoms with van der Waals surface area (Å²) in [7, 11) is -4.13. The van der Waals surface area contributed by atoms with Crippen LogP contribution in [-0.4, -0.2) is 49.8 Å². The first kappa shape index (κ1) is 23.2. The van der Waals surface area contributed by atoms with Gasteiger partial charge in [0.1, 0.15) is 6.04 Å². The van der Waals surface area contributed by atoms with Gasteiger partial charge in [-0.25, -0.2) is 13.3 Å². The molecule has 2 saturated heterocycles. The van der Waals surface area contributed by atoms with E-state index in [1.54, 1.807) is 12.1 Å². The van der Waals surface area contributed by atoms with Gasteiger partial charge in [-0.1, -0.05) is 30.3 Å². The molecule has 0 N–H and O–H groups in total. The summed E-state index contributed by atoms with van der Waals surface area (Å²) in [5.41, 5.74) is 0.699. The highest BCUT2D eigenvalue weighted by Gasteiger charge is 2.47. The smallest absolute Gasteiger partial charge is 0.252 e. The molecule has 3 aromatic carbocycles. The Bertz CT molecular complexity index is 1440. The minimum Gasteiger partial charge on any atom is -0.377 e. The molecule has 2 fully saturated rings. The maximum absolute atomic E-state index is 13.9. The number of sulfonamides is 1. The lowest BCUT2D eigenvalue weighted by molar-refractivity contribution is -0.122. The molecule has 3 aromatic rings. The molecule has 2 amide bonds. The van der Waals surface area contributed by atoms with Gasteiger partial charge in [-0.3, -0.25) is 9.59 Å². The first-order valence-electron chi connectivity index (χ1n) is 11.4. The molecule has 5 rings (SSSR count). The van der Waals surface area contributed by atoms with Crippen LogP contribution in [0.25, 0.3) is 10.8 Å². The van der Waals surface area contributed by atoms with Gasteiger partial charge in [0, 0.05) is 13.2 Å². The molecule has 35 heavy (non-hydrogen) atoms. The van der Waals surface area contributed by atoms with E-state index in [9.17, 15) is 18.0 Å². The number of nitrogens with zero attached hydrogens (tertiary/aromatic N) is 3. The van der Waals surface area contributed by atoms with E-state index in [0.717, 1.165) is 26.4 Å². The number of carbonyl (C=O) groups excluding carboxylic acids is 2. The molecule has 0 saturated carbocycles. The van der Waals surface area contributed by atoms with Crippen molar-refractivity contribution >= 4 is 38.3 Å². The van der Waals surface area contributed by atoms with Crippen LogP contribution >= 0.6 is 0 Å². The van der Waals surface area contributed by atoms with Crippen molar-refractivity contribution in [3.05, 3.63) is 72.3 Å². The Labute approximate surface area is 203 Å². The molecule has 0 aromatic heterocycles. The topological polar surface area (TPSA) is 108 Å². The summed E-state index contributed by atoms with van der Waals surface area (Å²) < 4.78 is 34.6. The van der Waals surface area contributed by atoms with Crippen LogP contribution in [0.5, 0.6) is 0 Å². The van der Waals surface area contributed by atoms with E-state index >= 15 is 0 Å². The third kappa shape index (κ3) is 4.32. The van der Waals surface area contributed by atoms with Crippen molar-refractivity contribution in [2.75, 3.05) is 18.1 Å². The van der Waals surface area contributed by atoms with Gasteiger partial charge in [0.2, 0.25) is 15.9 Å². The van der Waals surface area contributed by atoms with Gasteiger partial charge in [0.25, 0.3) is 5.91 Å². The van der Waals surface area contributed by atoms with E-state index < -0.39 is 27.9 Å². The normalized spacial score (nSPS) is 20.6. The minimum absolute atomic E-state index is 0.0138. The molecule has 0 radical (unpaired) electrons. The number of fused-ring (bicyclic) bond motifs is 1. The van der Waals surface area contributed by atoms with Crippen molar-refractivity contribution in [2.45, 2.75) is 36.3 Å². The highest BCUT2D eigenvalue weighted by molar-refractivity contribution is 7.89. The van der Waals surface area contributed by atoms with E-state index in [0.29, 0.717) is 24.3 Å². The van der Waals surface area contributed by atoms with Crippen molar-refractivity contribution in [2.24, 2.45) is 0 Å². The molecule has 8 nitrogen and oxygen atoms in total. The number of benzene rings is 3. The van der Waals surface area contributed by atoms with Crippen LogP contribution in [0.1, 0.15) is 24.8 Å². The quantitative estimate of drug-likeness (QED) is 0.492. The van der Waals surface area contributed by atoms with Gasteiger partial charge >= 0.3 is 0 Å². The van der Waals surface area contributed by atoms with Crippen molar-refractivity contribution in [3.8, 4) is 6.07 Å². The summed E-state index contributed by atoms with van der Waals surface area (Å²) in [6, 6.07) is 19.1. The van der Waals surface area contributed by atoms with Crippen LogP contribution in [0.15, 0.2) is 71.6 Å². The second-order valence-electron chi connectivity index (χ2n) is 8.66. The van der Waals surface area contributed by atoms with Crippen LogP contribution in [0, 0.1) is 11.3 Å². The Morgan fingerprint density at radius 2 is 1.77 bits per heavy atom. The molecular weight excluding hydrogens is 466 g/mol. The molecule has 0 spiro atoms. The molecule has 2 aliphatic rings. The summed E-state index contributed by atoms with van der Waals surface area (Å²) >= 11 is 0. The van der Waals surface area contributed by atoms with Gasteiger partial charge in [0.05, 0.1) is 34.7 Å². The van der Waals surface area contributed by atoms with E-state index in [2.05, 4.69) is 0 Å². The number of amides is 2. The Morgan fingerprint density at radius 3 is 2.46 bits per heavy atom. The maximum atomic E-state index is 13.9. The van der Waals surface area contributed by atoms with Crippen molar-refractivity contribution < 1.29 is 22.7 Å². The van der Waals surface area contributed by atoms with Gasteiger partial charge < -0.3 is 4.74 Å². The Balaban J connectivity index is 1.52. The van der Waals surface area contributed by atoms with E-state index in [4.69, 9.17) is 10.00 Å². The van der Waals surface area contributed by atoms with Crippen LogP contribution in [0.2, 0.25) is 0 Å². The predicted molar refractivity (Wildman–Crippen MR) is 129 cm³/mol. The highest BCUT2D eigenvalue weighted by atomic mass is 32.2. The fourth-order valence-corrected chi connectivity index (χ4v) is 6.29. The second kappa shape index (κ2) is 9.23. The minimum atomic E-state index is -4.13. The monoisotopic (exact) mass is 489 g/mol. The average molecular weight is 490 g/mol. The summed E-state index contributed by atoms with van der Waals surface area (Å²) in [5.74, 6) is -1.10. The summed E-state index contributed by atoms with van der Waals surface area (Å²) in [5, 5.41) is 10.7. The first-order chi connectivity index (χ1) is 16.9. The molecule has 2 atom stereocenters. The number of ether oxygens (including phenoxy) is 1. The molecule has 178 valence electrons. The lowest BCUT2D eigenvalue weighted by Gasteiger charge is -2.29.